The highest BCUT2D eigenvalue weighted by Crippen LogP contribution is 2.20. The molecule has 1 aromatic rings. The zero-order chi connectivity index (χ0) is 12.3. The summed E-state index contributed by atoms with van der Waals surface area (Å²) in [5.74, 6) is -1.37. The van der Waals surface area contributed by atoms with Crippen LogP contribution in [0.3, 0.4) is 0 Å². The van der Waals surface area contributed by atoms with Gasteiger partial charge in [0.05, 0.1) is 5.51 Å². The van der Waals surface area contributed by atoms with E-state index in [1.165, 1.54) is 11.6 Å². The Morgan fingerprint density at radius 1 is 1.75 bits per heavy atom. The second kappa shape index (κ2) is 4.73. The summed E-state index contributed by atoms with van der Waals surface area (Å²) in [7, 11) is -3.85. The first-order valence-corrected chi connectivity index (χ1v) is 6.56. The van der Waals surface area contributed by atoms with Gasteiger partial charge in [0.1, 0.15) is 0 Å². The second-order valence-electron chi connectivity index (χ2n) is 2.94. The Hall–Kier alpha value is -1.25. The van der Waals surface area contributed by atoms with Crippen molar-refractivity contribution in [1.29, 1.82) is 0 Å². The van der Waals surface area contributed by atoms with E-state index in [1.54, 1.807) is 6.92 Å². The minimum absolute atomic E-state index is 0.297. The van der Waals surface area contributed by atoms with Crippen LogP contribution >= 0.6 is 11.3 Å². The van der Waals surface area contributed by atoms with Crippen LogP contribution in [0.4, 0.5) is 0 Å². The van der Waals surface area contributed by atoms with Crippen LogP contribution in [-0.2, 0) is 10.0 Å². The van der Waals surface area contributed by atoms with E-state index in [9.17, 15) is 13.2 Å². The van der Waals surface area contributed by atoms with Gasteiger partial charge in [-0.3, -0.25) is 0 Å². The molecule has 0 saturated carbocycles. The average molecular weight is 262 g/mol. The molecule has 16 heavy (non-hydrogen) atoms. The molecule has 0 aliphatic rings. The monoisotopic (exact) mass is 262 g/mol. The van der Waals surface area contributed by atoms with Crippen LogP contribution in [0.2, 0.25) is 0 Å². The number of rotatable bonds is 5. The van der Waals surface area contributed by atoms with Gasteiger partial charge in [-0.15, -0.1) is 17.9 Å². The number of nitrogens with one attached hydrogen (secondary N) is 1. The number of carbonyl (C=O) groups is 1. The van der Waals surface area contributed by atoms with Crippen molar-refractivity contribution in [2.75, 3.05) is 0 Å². The van der Waals surface area contributed by atoms with Gasteiger partial charge in [0.25, 0.3) is 10.0 Å². The number of aromatic nitrogens is 1. The number of aromatic carboxylic acids is 1. The quantitative estimate of drug-likeness (QED) is 0.761. The van der Waals surface area contributed by atoms with Crippen molar-refractivity contribution in [2.24, 2.45) is 0 Å². The zero-order valence-electron chi connectivity index (χ0n) is 8.37. The van der Waals surface area contributed by atoms with Gasteiger partial charge in [0.2, 0.25) is 0 Å². The molecule has 0 radical (unpaired) electrons. The van der Waals surface area contributed by atoms with Gasteiger partial charge in [-0.2, -0.15) is 0 Å². The first-order valence-electron chi connectivity index (χ1n) is 4.20. The molecule has 0 amide bonds. The number of sulfonamides is 1. The maximum absolute atomic E-state index is 11.7. The molecule has 0 aliphatic heterocycles. The van der Waals surface area contributed by atoms with E-state index in [1.807, 2.05) is 0 Å². The standard InChI is InChI=1S/C8H10N2O4S2/c1-3-5(2)10-16(13,14)8-6(7(11)12)9-4-15-8/h3-5,10H,1H2,2H3,(H,11,12). The minimum Gasteiger partial charge on any atom is -0.476 e. The van der Waals surface area contributed by atoms with Crippen molar-refractivity contribution in [2.45, 2.75) is 17.2 Å². The van der Waals surface area contributed by atoms with E-state index in [-0.39, 0.29) is 4.21 Å². The van der Waals surface area contributed by atoms with Crippen LogP contribution in [0.5, 0.6) is 0 Å². The Labute approximate surface area is 96.7 Å². The highest BCUT2D eigenvalue weighted by atomic mass is 32.2. The second-order valence-corrected chi connectivity index (χ2v) is 5.70. The van der Waals surface area contributed by atoms with E-state index in [2.05, 4.69) is 16.3 Å². The Morgan fingerprint density at radius 3 is 2.88 bits per heavy atom. The molecular formula is C8H10N2O4S2. The largest absolute Gasteiger partial charge is 0.476 e. The molecule has 0 saturated heterocycles. The summed E-state index contributed by atoms with van der Waals surface area (Å²) in [4.78, 5) is 14.2. The third-order valence-corrected chi connectivity index (χ3v) is 4.60. The lowest BCUT2D eigenvalue weighted by Gasteiger charge is -2.08. The third-order valence-electron chi connectivity index (χ3n) is 1.68. The Balaban J connectivity index is 3.12. The van der Waals surface area contributed by atoms with Crippen molar-refractivity contribution in [3.05, 3.63) is 23.9 Å². The molecular weight excluding hydrogens is 252 g/mol. The van der Waals surface area contributed by atoms with E-state index in [0.717, 1.165) is 11.3 Å². The predicted octanol–water partition coefficient (Wildman–Crippen LogP) is 0.694. The smallest absolute Gasteiger partial charge is 0.356 e. The fraction of sp³-hybridized carbons (Fsp3) is 0.250. The van der Waals surface area contributed by atoms with Crippen molar-refractivity contribution in [3.8, 4) is 0 Å². The van der Waals surface area contributed by atoms with Crippen molar-refractivity contribution < 1.29 is 18.3 Å². The van der Waals surface area contributed by atoms with Crippen LogP contribution < -0.4 is 4.72 Å². The number of nitrogens with zero attached hydrogens (tertiary/aromatic N) is 1. The van der Waals surface area contributed by atoms with E-state index >= 15 is 0 Å². The fourth-order valence-electron chi connectivity index (χ4n) is 0.915. The van der Waals surface area contributed by atoms with Gasteiger partial charge < -0.3 is 5.11 Å². The molecule has 1 atom stereocenters. The molecule has 1 rings (SSSR count). The highest BCUT2D eigenvalue weighted by molar-refractivity contribution is 7.91. The molecule has 6 nitrogen and oxygen atoms in total. The number of carboxylic acid groups (broad SMARTS) is 1. The predicted molar refractivity (Wildman–Crippen MR) is 59.1 cm³/mol. The highest BCUT2D eigenvalue weighted by Gasteiger charge is 2.26. The van der Waals surface area contributed by atoms with Gasteiger partial charge in [-0.05, 0) is 6.92 Å². The number of hydrogen-bond acceptors (Lipinski definition) is 5. The SMILES string of the molecule is C=CC(C)NS(=O)(=O)c1scnc1C(=O)O. The van der Waals surface area contributed by atoms with Crippen LogP contribution in [0.15, 0.2) is 22.4 Å². The van der Waals surface area contributed by atoms with Crippen molar-refractivity contribution >= 4 is 27.3 Å². The third kappa shape index (κ3) is 2.65. The Kier molecular flexibility index (Phi) is 3.79. The maximum Gasteiger partial charge on any atom is 0.356 e. The summed E-state index contributed by atoms with van der Waals surface area (Å²) in [6.45, 7) is 5.02. The van der Waals surface area contributed by atoms with Gasteiger partial charge in [-0.1, -0.05) is 6.08 Å². The van der Waals surface area contributed by atoms with E-state index in [4.69, 9.17) is 5.11 Å². The van der Waals surface area contributed by atoms with E-state index in [0.29, 0.717) is 0 Å². The number of thiazole rings is 1. The summed E-state index contributed by atoms with van der Waals surface area (Å²) >= 11 is 0.761. The Morgan fingerprint density at radius 2 is 2.38 bits per heavy atom. The van der Waals surface area contributed by atoms with Gasteiger partial charge in [0, 0.05) is 6.04 Å². The fourth-order valence-corrected chi connectivity index (χ4v) is 3.29. The lowest BCUT2D eigenvalue weighted by atomic mass is 10.4. The maximum atomic E-state index is 11.7. The first kappa shape index (κ1) is 12.8. The van der Waals surface area contributed by atoms with Gasteiger partial charge >= 0.3 is 5.97 Å². The summed E-state index contributed by atoms with van der Waals surface area (Å²) < 4.78 is 25.4. The molecule has 88 valence electrons. The molecule has 0 bridgehead atoms. The molecule has 0 fully saturated rings. The molecule has 0 spiro atoms. The summed E-state index contributed by atoms with van der Waals surface area (Å²) in [5.41, 5.74) is 0.713. The van der Waals surface area contributed by atoms with Crippen LogP contribution in [0.1, 0.15) is 17.4 Å². The molecule has 1 heterocycles. The topological polar surface area (TPSA) is 96.4 Å². The lowest BCUT2D eigenvalue weighted by molar-refractivity contribution is 0.0687. The lowest BCUT2D eigenvalue weighted by Crippen LogP contribution is -2.31. The van der Waals surface area contributed by atoms with Crippen LogP contribution in [0, 0.1) is 0 Å². The number of carboxylic acids is 1. The van der Waals surface area contributed by atoms with Gasteiger partial charge in [0.15, 0.2) is 9.90 Å². The molecule has 0 aliphatic carbocycles. The summed E-state index contributed by atoms with van der Waals surface area (Å²) in [6.07, 6.45) is 1.40. The number of hydrogen-bond donors (Lipinski definition) is 2. The van der Waals surface area contributed by atoms with Crippen molar-refractivity contribution in [3.63, 3.8) is 0 Å². The van der Waals surface area contributed by atoms with Crippen LogP contribution in [-0.4, -0.2) is 30.5 Å². The summed E-state index contributed by atoms with van der Waals surface area (Å²) in [6, 6.07) is -0.478. The summed E-state index contributed by atoms with van der Waals surface area (Å²) in [5, 5.41) is 8.74. The molecule has 2 N–H and O–H groups in total. The molecule has 1 unspecified atom stereocenters. The molecule has 0 aromatic carbocycles. The first-order chi connectivity index (χ1) is 7.38. The Bertz CT molecular complexity index is 506. The zero-order valence-corrected chi connectivity index (χ0v) is 10.0. The van der Waals surface area contributed by atoms with Crippen LogP contribution in [0.25, 0.3) is 0 Å². The molecule has 1 aromatic heterocycles. The molecule has 8 heteroatoms. The minimum atomic E-state index is -3.85. The van der Waals surface area contributed by atoms with E-state index < -0.39 is 27.7 Å². The normalized spacial score (nSPS) is 13.3. The van der Waals surface area contributed by atoms with Crippen molar-refractivity contribution in [1.82, 2.24) is 9.71 Å². The van der Waals surface area contributed by atoms with Gasteiger partial charge in [-0.25, -0.2) is 22.9 Å². The average Bonchev–Trinajstić information content (AvgIpc) is 2.65.